The Morgan fingerprint density at radius 1 is 1.53 bits per heavy atom. The molecule has 5 nitrogen and oxygen atoms in total. The van der Waals surface area contributed by atoms with Crippen molar-refractivity contribution in [3.63, 3.8) is 0 Å². The lowest BCUT2D eigenvalue weighted by atomic mass is 10.2. The predicted molar refractivity (Wildman–Crippen MR) is 56.5 cm³/mol. The predicted octanol–water partition coefficient (Wildman–Crippen LogP) is 0.480. The van der Waals surface area contributed by atoms with Gasteiger partial charge in [0.15, 0.2) is 0 Å². The molecule has 0 fully saturated rings. The summed E-state index contributed by atoms with van der Waals surface area (Å²) in [5, 5.41) is 5.16. The molecule has 2 rings (SSSR count). The van der Waals surface area contributed by atoms with Crippen LogP contribution in [0.5, 0.6) is 0 Å². The number of nitrogens with zero attached hydrogens (tertiary/aromatic N) is 3. The van der Waals surface area contributed by atoms with Gasteiger partial charge in [0.2, 0.25) is 10.0 Å². The molecule has 0 atom stereocenters. The molecule has 0 bridgehead atoms. The molecule has 0 aliphatic carbocycles. The summed E-state index contributed by atoms with van der Waals surface area (Å²) in [5.41, 5.74) is 1.99. The smallest absolute Gasteiger partial charge is 0.236 e. The van der Waals surface area contributed by atoms with Crippen LogP contribution >= 0.6 is 0 Å². The van der Waals surface area contributed by atoms with Crippen molar-refractivity contribution in [2.45, 2.75) is 20.0 Å². The average Bonchev–Trinajstić information content (AvgIpc) is 2.60. The summed E-state index contributed by atoms with van der Waals surface area (Å²) >= 11 is 0. The van der Waals surface area contributed by atoms with Crippen molar-refractivity contribution in [1.82, 2.24) is 14.1 Å². The van der Waals surface area contributed by atoms with Gasteiger partial charge < -0.3 is 0 Å². The van der Waals surface area contributed by atoms with Crippen molar-refractivity contribution in [1.29, 1.82) is 0 Å². The molecular weight excluding hydrogens is 214 g/mol. The number of hydrogen-bond donors (Lipinski definition) is 0. The van der Waals surface area contributed by atoms with E-state index < -0.39 is 10.0 Å². The monoisotopic (exact) mass is 227 g/mol. The van der Waals surface area contributed by atoms with Gasteiger partial charge in [-0.05, 0) is 12.5 Å². The molecule has 0 aromatic carbocycles. The van der Waals surface area contributed by atoms with Gasteiger partial charge in [0.05, 0.1) is 25.0 Å². The average molecular weight is 227 g/mol. The molecule has 0 unspecified atom stereocenters. The molecule has 1 aromatic rings. The Labute approximate surface area is 89.1 Å². The fourth-order valence-electron chi connectivity index (χ4n) is 1.68. The SMILES string of the molecule is C=CS(=O)(=O)N1CCn2ncc(C)c2C1. The Morgan fingerprint density at radius 2 is 2.27 bits per heavy atom. The molecule has 0 saturated carbocycles. The lowest BCUT2D eigenvalue weighted by Crippen LogP contribution is -2.37. The minimum absolute atomic E-state index is 0.389. The second-order valence-electron chi connectivity index (χ2n) is 3.54. The first-order valence-electron chi connectivity index (χ1n) is 4.68. The summed E-state index contributed by atoms with van der Waals surface area (Å²) in [7, 11) is -3.30. The van der Waals surface area contributed by atoms with Crippen LogP contribution in [0.2, 0.25) is 0 Å². The molecule has 2 heterocycles. The van der Waals surface area contributed by atoms with Crippen molar-refractivity contribution in [2.24, 2.45) is 0 Å². The lowest BCUT2D eigenvalue weighted by Gasteiger charge is -2.26. The normalized spacial score (nSPS) is 17.4. The van der Waals surface area contributed by atoms with Crippen LogP contribution < -0.4 is 0 Å². The summed E-state index contributed by atoms with van der Waals surface area (Å²) < 4.78 is 26.4. The number of fused-ring (bicyclic) bond motifs is 1. The zero-order chi connectivity index (χ0) is 11.1. The standard InChI is InChI=1S/C9H13N3O2S/c1-3-15(13,14)11-4-5-12-9(7-11)8(2)6-10-12/h3,6H,1,4-5,7H2,2H3. The van der Waals surface area contributed by atoms with E-state index in [1.54, 1.807) is 6.20 Å². The maximum Gasteiger partial charge on any atom is 0.236 e. The number of hydrogen-bond acceptors (Lipinski definition) is 3. The number of rotatable bonds is 2. The van der Waals surface area contributed by atoms with E-state index in [1.807, 2.05) is 11.6 Å². The highest BCUT2D eigenvalue weighted by Crippen LogP contribution is 2.18. The quantitative estimate of drug-likeness (QED) is 0.738. The van der Waals surface area contributed by atoms with Crippen LogP contribution in [0.3, 0.4) is 0 Å². The van der Waals surface area contributed by atoms with Gasteiger partial charge in [-0.25, -0.2) is 8.42 Å². The highest BCUT2D eigenvalue weighted by atomic mass is 32.2. The van der Waals surface area contributed by atoms with Gasteiger partial charge in [-0.3, -0.25) is 4.68 Å². The van der Waals surface area contributed by atoms with Crippen LogP contribution in [-0.2, 0) is 23.1 Å². The Bertz CT molecular complexity index is 489. The van der Waals surface area contributed by atoms with Crippen LogP contribution in [-0.4, -0.2) is 29.0 Å². The zero-order valence-electron chi connectivity index (χ0n) is 8.55. The topological polar surface area (TPSA) is 55.2 Å². The van der Waals surface area contributed by atoms with E-state index in [2.05, 4.69) is 11.7 Å². The van der Waals surface area contributed by atoms with Gasteiger partial charge >= 0.3 is 0 Å². The first-order valence-corrected chi connectivity index (χ1v) is 6.19. The Balaban J connectivity index is 2.33. The van der Waals surface area contributed by atoms with Crippen LogP contribution in [0.25, 0.3) is 0 Å². The fraction of sp³-hybridized carbons (Fsp3) is 0.444. The van der Waals surface area contributed by atoms with E-state index in [-0.39, 0.29) is 0 Å². The van der Waals surface area contributed by atoms with E-state index in [9.17, 15) is 8.42 Å². The van der Waals surface area contributed by atoms with E-state index in [1.165, 1.54) is 4.31 Å². The Morgan fingerprint density at radius 3 is 2.93 bits per heavy atom. The van der Waals surface area contributed by atoms with Gasteiger partial charge in [-0.15, -0.1) is 0 Å². The number of sulfonamides is 1. The molecular formula is C9H13N3O2S. The molecule has 0 amide bonds. The summed E-state index contributed by atoms with van der Waals surface area (Å²) in [6, 6.07) is 0. The van der Waals surface area contributed by atoms with Gasteiger partial charge in [-0.1, -0.05) is 6.58 Å². The van der Waals surface area contributed by atoms with Gasteiger partial charge in [-0.2, -0.15) is 9.40 Å². The molecule has 0 saturated heterocycles. The third kappa shape index (κ3) is 1.70. The maximum atomic E-state index is 11.6. The lowest BCUT2D eigenvalue weighted by molar-refractivity contribution is 0.329. The molecule has 0 spiro atoms. The first-order chi connectivity index (χ1) is 7.04. The molecule has 1 aromatic heterocycles. The second kappa shape index (κ2) is 3.46. The molecule has 6 heteroatoms. The summed E-state index contributed by atoms with van der Waals surface area (Å²) in [6.45, 7) is 6.71. The third-order valence-electron chi connectivity index (χ3n) is 2.62. The highest BCUT2D eigenvalue weighted by molar-refractivity contribution is 7.91. The molecule has 1 aliphatic heterocycles. The third-order valence-corrected chi connectivity index (χ3v) is 4.07. The van der Waals surface area contributed by atoms with Crippen LogP contribution in [0.1, 0.15) is 11.3 Å². The maximum absolute atomic E-state index is 11.6. The summed E-state index contributed by atoms with van der Waals surface area (Å²) in [4.78, 5) is 0. The molecule has 15 heavy (non-hydrogen) atoms. The van der Waals surface area contributed by atoms with Gasteiger partial charge in [0.25, 0.3) is 0 Å². The van der Waals surface area contributed by atoms with Crippen LogP contribution in [0.4, 0.5) is 0 Å². The fourth-order valence-corrected chi connectivity index (χ4v) is 2.53. The van der Waals surface area contributed by atoms with E-state index in [4.69, 9.17) is 0 Å². The van der Waals surface area contributed by atoms with Crippen LogP contribution in [0.15, 0.2) is 18.2 Å². The summed E-state index contributed by atoms with van der Waals surface area (Å²) in [6.07, 6.45) is 1.76. The molecule has 0 radical (unpaired) electrons. The first kappa shape index (κ1) is 10.4. The minimum atomic E-state index is -3.30. The van der Waals surface area contributed by atoms with Crippen molar-refractivity contribution in [3.8, 4) is 0 Å². The van der Waals surface area contributed by atoms with Gasteiger partial charge in [0, 0.05) is 12.0 Å². The van der Waals surface area contributed by atoms with E-state index in [0.29, 0.717) is 19.6 Å². The minimum Gasteiger partial charge on any atom is -0.267 e. The highest BCUT2D eigenvalue weighted by Gasteiger charge is 2.25. The van der Waals surface area contributed by atoms with Crippen LogP contribution in [0, 0.1) is 6.92 Å². The summed E-state index contributed by atoms with van der Waals surface area (Å²) in [5.74, 6) is 0. The molecule has 0 N–H and O–H groups in total. The van der Waals surface area contributed by atoms with E-state index in [0.717, 1.165) is 16.7 Å². The number of aromatic nitrogens is 2. The van der Waals surface area contributed by atoms with Crippen molar-refractivity contribution < 1.29 is 8.42 Å². The van der Waals surface area contributed by atoms with E-state index >= 15 is 0 Å². The molecule has 82 valence electrons. The Kier molecular flexibility index (Phi) is 2.40. The second-order valence-corrected chi connectivity index (χ2v) is 5.42. The number of aryl methyl sites for hydroxylation is 1. The molecule has 1 aliphatic rings. The Hall–Kier alpha value is -1.14. The van der Waals surface area contributed by atoms with Crippen molar-refractivity contribution in [2.75, 3.05) is 6.54 Å². The zero-order valence-corrected chi connectivity index (χ0v) is 9.37. The van der Waals surface area contributed by atoms with Crippen molar-refractivity contribution >= 4 is 10.0 Å². The largest absolute Gasteiger partial charge is 0.267 e. The van der Waals surface area contributed by atoms with Gasteiger partial charge in [0.1, 0.15) is 0 Å². The van der Waals surface area contributed by atoms with Crippen molar-refractivity contribution in [3.05, 3.63) is 29.4 Å².